The molecule has 0 unspecified atom stereocenters. The smallest absolute Gasteiger partial charge is 0.272 e. The Labute approximate surface area is 163 Å². The van der Waals surface area contributed by atoms with E-state index in [1.165, 1.54) is 12.1 Å². The number of benzene rings is 2. The summed E-state index contributed by atoms with van der Waals surface area (Å²) in [5.74, 6) is 1.25. The number of amides is 1. The van der Waals surface area contributed by atoms with Gasteiger partial charge in [-0.25, -0.2) is 0 Å². The summed E-state index contributed by atoms with van der Waals surface area (Å²) in [5, 5.41) is 14.0. The van der Waals surface area contributed by atoms with Crippen molar-refractivity contribution in [1.82, 2.24) is 5.32 Å². The fourth-order valence-electron chi connectivity index (χ4n) is 3.23. The van der Waals surface area contributed by atoms with Gasteiger partial charge in [0.2, 0.25) is 0 Å². The van der Waals surface area contributed by atoms with Crippen molar-refractivity contribution in [2.75, 3.05) is 13.2 Å². The first-order chi connectivity index (χ1) is 13.4. The number of carbonyl (C=O) groups excluding carboxylic acids is 1. The van der Waals surface area contributed by atoms with Crippen LogP contribution in [-0.4, -0.2) is 24.0 Å². The molecule has 7 heteroatoms. The lowest BCUT2D eigenvalue weighted by Crippen LogP contribution is -2.31. The van der Waals surface area contributed by atoms with Crippen LogP contribution < -0.4 is 14.8 Å². The van der Waals surface area contributed by atoms with Crippen molar-refractivity contribution in [3.05, 3.63) is 63.2 Å². The summed E-state index contributed by atoms with van der Waals surface area (Å²) >= 11 is 0. The van der Waals surface area contributed by atoms with E-state index in [9.17, 15) is 14.9 Å². The monoisotopic (exact) mass is 384 g/mol. The van der Waals surface area contributed by atoms with Crippen molar-refractivity contribution in [1.29, 1.82) is 0 Å². The van der Waals surface area contributed by atoms with E-state index < -0.39 is 4.92 Å². The Balaban J connectivity index is 1.83. The van der Waals surface area contributed by atoms with E-state index in [1.54, 1.807) is 13.0 Å². The van der Waals surface area contributed by atoms with Crippen LogP contribution >= 0.6 is 0 Å². The Morgan fingerprint density at radius 3 is 2.46 bits per heavy atom. The van der Waals surface area contributed by atoms with Crippen LogP contribution in [0.15, 0.2) is 36.4 Å². The van der Waals surface area contributed by atoms with Gasteiger partial charge in [-0.3, -0.25) is 14.9 Å². The fraction of sp³-hybridized carbons (Fsp3) is 0.381. The number of fused-ring (bicyclic) bond motifs is 1. The first kappa shape index (κ1) is 19.7. The highest BCUT2D eigenvalue weighted by Gasteiger charge is 2.22. The second-order valence-electron chi connectivity index (χ2n) is 7.21. The number of carbonyl (C=O) groups is 1. The molecule has 28 heavy (non-hydrogen) atoms. The Bertz CT molecular complexity index is 894. The van der Waals surface area contributed by atoms with Crippen LogP contribution in [0.4, 0.5) is 5.69 Å². The van der Waals surface area contributed by atoms with Crippen molar-refractivity contribution in [2.45, 2.75) is 33.2 Å². The average molecular weight is 384 g/mol. The number of aryl methyl sites for hydroxylation is 1. The van der Waals surface area contributed by atoms with E-state index >= 15 is 0 Å². The molecule has 1 atom stereocenters. The third kappa shape index (κ3) is 4.24. The molecule has 2 aromatic carbocycles. The van der Waals surface area contributed by atoms with Crippen LogP contribution in [0.2, 0.25) is 0 Å². The second-order valence-corrected chi connectivity index (χ2v) is 7.21. The van der Waals surface area contributed by atoms with E-state index in [-0.39, 0.29) is 23.6 Å². The maximum absolute atomic E-state index is 12.8. The van der Waals surface area contributed by atoms with Crippen LogP contribution in [-0.2, 0) is 0 Å². The molecule has 0 aromatic heterocycles. The maximum Gasteiger partial charge on any atom is 0.272 e. The second kappa shape index (κ2) is 8.29. The highest BCUT2D eigenvalue weighted by atomic mass is 16.6. The standard InChI is InChI=1S/C21H24N2O5/c1-13(2)20(15-6-8-18-19(12-15)28-10-4-9-27-18)22-21(24)16-5-7-17(23(25)26)14(3)11-16/h5-8,11-13,20H,4,9-10H2,1-3H3,(H,22,24)/t20-/m0/s1. The Morgan fingerprint density at radius 2 is 1.82 bits per heavy atom. The van der Waals surface area contributed by atoms with Crippen LogP contribution in [0.5, 0.6) is 11.5 Å². The van der Waals surface area contributed by atoms with Gasteiger partial charge in [0.15, 0.2) is 11.5 Å². The van der Waals surface area contributed by atoms with E-state index in [0.29, 0.717) is 35.8 Å². The van der Waals surface area contributed by atoms with Gasteiger partial charge in [-0.15, -0.1) is 0 Å². The number of rotatable bonds is 5. The average Bonchev–Trinajstić information content (AvgIpc) is 2.90. The molecule has 1 heterocycles. The maximum atomic E-state index is 12.8. The Hall–Kier alpha value is -3.09. The van der Waals surface area contributed by atoms with Gasteiger partial charge < -0.3 is 14.8 Å². The van der Waals surface area contributed by atoms with E-state index in [2.05, 4.69) is 5.32 Å². The SMILES string of the molecule is Cc1cc(C(=O)N[C@H](c2ccc3c(c2)OCCCO3)C(C)C)ccc1[N+](=O)[O-]. The molecule has 0 spiro atoms. The summed E-state index contributed by atoms with van der Waals surface area (Å²) < 4.78 is 11.4. The van der Waals surface area contributed by atoms with Gasteiger partial charge in [0.05, 0.1) is 24.2 Å². The number of nitrogens with zero attached hydrogens (tertiary/aromatic N) is 1. The van der Waals surface area contributed by atoms with Crippen molar-refractivity contribution >= 4 is 11.6 Å². The van der Waals surface area contributed by atoms with Gasteiger partial charge >= 0.3 is 0 Å². The number of nitro groups is 1. The molecule has 7 nitrogen and oxygen atoms in total. The summed E-state index contributed by atoms with van der Waals surface area (Å²) in [7, 11) is 0. The minimum Gasteiger partial charge on any atom is -0.490 e. The molecule has 0 saturated heterocycles. The highest BCUT2D eigenvalue weighted by molar-refractivity contribution is 5.95. The van der Waals surface area contributed by atoms with Crippen molar-refractivity contribution in [2.24, 2.45) is 5.92 Å². The molecular weight excluding hydrogens is 360 g/mol. The quantitative estimate of drug-likeness (QED) is 0.616. The van der Waals surface area contributed by atoms with Crippen LogP contribution in [0.25, 0.3) is 0 Å². The molecule has 1 amide bonds. The van der Waals surface area contributed by atoms with Gasteiger partial charge in [0.25, 0.3) is 11.6 Å². The zero-order valence-electron chi connectivity index (χ0n) is 16.2. The molecule has 2 aromatic rings. The van der Waals surface area contributed by atoms with Gasteiger partial charge in [-0.05, 0) is 42.7 Å². The number of nitrogens with one attached hydrogen (secondary N) is 1. The summed E-state index contributed by atoms with van der Waals surface area (Å²) in [6.45, 7) is 6.89. The van der Waals surface area contributed by atoms with E-state index in [4.69, 9.17) is 9.47 Å². The molecule has 1 aliphatic heterocycles. The van der Waals surface area contributed by atoms with Crippen molar-refractivity contribution < 1.29 is 19.2 Å². The zero-order valence-corrected chi connectivity index (χ0v) is 16.2. The summed E-state index contributed by atoms with van der Waals surface area (Å²) in [6.07, 6.45) is 0.827. The number of ether oxygens (including phenoxy) is 2. The molecule has 3 rings (SSSR count). The molecule has 1 N–H and O–H groups in total. The molecule has 148 valence electrons. The summed E-state index contributed by atoms with van der Waals surface area (Å²) in [4.78, 5) is 23.3. The van der Waals surface area contributed by atoms with Crippen LogP contribution in [0, 0.1) is 23.0 Å². The minimum atomic E-state index is -0.453. The normalized spacial score (nSPS) is 14.3. The van der Waals surface area contributed by atoms with Crippen molar-refractivity contribution in [3.63, 3.8) is 0 Å². The molecule has 1 aliphatic rings. The third-order valence-corrected chi connectivity index (χ3v) is 4.74. The third-order valence-electron chi connectivity index (χ3n) is 4.74. The Kier molecular flexibility index (Phi) is 5.82. The fourth-order valence-corrected chi connectivity index (χ4v) is 3.23. The van der Waals surface area contributed by atoms with Crippen LogP contribution in [0.3, 0.4) is 0 Å². The van der Waals surface area contributed by atoms with E-state index in [0.717, 1.165) is 12.0 Å². The highest BCUT2D eigenvalue weighted by Crippen LogP contribution is 2.34. The Morgan fingerprint density at radius 1 is 1.11 bits per heavy atom. The molecule has 0 radical (unpaired) electrons. The number of hydrogen-bond acceptors (Lipinski definition) is 5. The lowest BCUT2D eigenvalue weighted by molar-refractivity contribution is -0.385. The molecule has 0 bridgehead atoms. The number of hydrogen-bond donors (Lipinski definition) is 1. The molecule has 0 aliphatic carbocycles. The lowest BCUT2D eigenvalue weighted by atomic mass is 9.95. The lowest BCUT2D eigenvalue weighted by Gasteiger charge is -2.24. The molecular formula is C21H24N2O5. The largest absolute Gasteiger partial charge is 0.490 e. The van der Waals surface area contributed by atoms with Crippen LogP contribution in [0.1, 0.15) is 47.8 Å². The topological polar surface area (TPSA) is 90.7 Å². The number of nitro benzene ring substituents is 1. The summed E-state index contributed by atoms with van der Waals surface area (Å²) in [6, 6.07) is 9.85. The summed E-state index contributed by atoms with van der Waals surface area (Å²) in [5.41, 5.74) is 1.77. The molecule has 0 saturated carbocycles. The molecule has 0 fully saturated rings. The van der Waals surface area contributed by atoms with Crippen molar-refractivity contribution in [3.8, 4) is 11.5 Å². The van der Waals surface area contributed by atoms with Gasteiger partial charge in [-0.2, -0.15) is 0 Å². The van der Waals surface area contributed by atoms with Gasteiger partial charge in [0, 0.05) is 23.6 Å². The first-order valence-electron chi connectivity index (χ1n) is 9.32. The zero-order chi connectivity index (χ0) is 20.3. The van der Waals surface area contributed by atoms with Gasteiger partial charge in [0.1, 0.15) is 0 Å². The first-order valence-corrected chi connectivity index (χ1v) is 9.32. The van der Waals surface area contributed by atoms with Gasteiger partial charge in [-0.1, -0.05) is 19.9 Å². The van der Waals surface area contributed by atoms with E-state index in [1.807, 2.05) is 32.0 Å². The minimum absolute atomic E-state index is 0.000129. The predicted molar refractivity (Wildman–Crippen MR) is 105 cm³/mol. The predicted octanol–water partition coefficient (Wildman–Crippen LogP) is 4.19.